The first-order chi connectivity index (χ1) is 5.24. The Balaban J connectivity index is 3.55. The van der Waals surface area contributed by atoms with E-state index in [1.807, 2.05) is 13.1 Å². The Labute approximate surface area is 69.0 Å². The molecule has 0 aromatic heterocycles. The number of hydrogen-bond donors (Lipinski definition) is 1. The SMILES string of the molecule is CCN(CC)CC(C)NC#N. The number of likely N-dealkylation sites (N-methyl/N-ethyl adjacent to an activating group) is 1. The van der Waals surface area contributed by atoms with Crippen LogP contribution in [0.25, 0.3) is 0 Å². The van der Waals surface area contributed by atoms with Gasteiger partial charge in [0.15, 0.2) is 6.19 Å². The van der Waals surface area contributed by atoms with Crippen molar-refractivity contribution in [1.29, 1.82) is 5.26 Å². The lowest BCUT2D eigenvalue weighted by Gasteiger charge is -2.21. The zero-order valence-electron chi connectivity index (χ0n) is 7.59. The minimum Gasteiger partial charge on any atom is -0.320 e. The van der Waals surface area contributed by atoms with Crippen molar-refractivity contribution < 1.29 is 0 Å². The number of hydrogen-bond acceptors (Lipinski definition) is 3. The van der Waals surface area contributed by atoms with Crippen molar-refractivity contribution >= 4 is 0 Å². The van der Waals surface area contributed by atoms with Crippen LogP contribution in [0.15, 0.2) is 0 Å². The summed E-state index contributed by atoms with van der Waals surface area (Å²) in [4.78, 5) is 2.29. The van der Waals surface area contributed by atoms with Crippen molar-refractivity contribution in [3.8, 4) is 6.19 Å². The Morgan fingerprint density at radius 1 is 1.45 bits per heavy atom. The smallest absolute Gasteiger partial charge is 0.176 e. The molecule has 0 aromatic rings. The normalized spacial score (nSPS) is 12.6. The van der Waals surface area contributed by atoms with Gasteiger partial charge < -0.3 is 10.2 Å². The van der Waals surface area contributed by atoms with E-state index < -0.39 is 0 Å². The summed E-state index contributed by atoms with van der Waals surface area (Å²) in [5.74, 6) is 0. The minimum absolute atomic E-state index is 0.264. The lowest BCUT2D eigenvalue weighted by atomic mass is 10.3. The molecule has 0 spiro atoms. The summed E-state index contributed by atoms with van der Waals surface area (Å²) in [6, 6.07) is 0.264. The van der Waals surface area contributed by atoms with Gasteiger partial charge in [-0.1, -0.05) is 13.8 Å². The van der Waals surface area contributed by atoms with Gasteiger partial charge in [-0.25, -0.2) is 0 Å². The fourth-order valence-corrected chi connectivity index (χ4v) is 1.02. The molecule has 0 saturated heterocycles. The second-order valence-electron chi connectivity index (χ2n) is 2.64. The van der Waals surface area contributed by atoms with Crippen LogP contribution in [0.3, 0.4) is 0 Å². The van der Waals surface area contributed by atoms with E-state index in [4.69, 9.17) is 5.26 Å². The van der Waals surface area contributed by atoms with E-state index in [2.05, 4.69) is 24.1 Å². The van der Waals surface area contributed by atoms with Gasteiger partial charge in [0.1, 0.15) is 0 Å². The predicted octanol–water partition coefficient (Wildman–Crippen LogP) is 0.787. The van der Waals surface area contributed by atoms with Gasteiger partial charge in [0.05, 0.1) is 0 Å². The van der Waals surface area contributed by atoms with Crippen molar-refractivity contribution in [1.82, 2.24) is 10.2 Å². The Bertz CT molecular complexity index is 124. The van der Waals surface area contributed by atoms with Gasteiger partial charge in [0, 0.05) is 12.6 Å². The lowest BCUT2D eigenvalue weighted by Crippen LogP contribution is -2.37. The summed E-state index contributed by atoms with van der Waals surface area (Å²) in [6.45, 7) is 9.31. The molecule has 0 saturated carbocycles. The monoisotopic (exact) mass is 155 g/mol. The molecule has 64 valence electrons. The van der Waals surface area contributed by atoms with Gasteiger partial charge in [0.25, 0.3) is 0 Å². The summed E-state index contributed by atoms with van der Waals surface area (Å²) in [7, 11) is 0. The molecule has 11 heavy (non-hydrogen) atoms. The highest BCUT2D eigenvalue weighted by Crippen LogP contribution is 1.90. The zero-order chi connectivity index (χ0) is 8.69. The molecule has 0 aliphatic rings. The van der Waals surface area contributed by atoms with Crippen LogP contribution in [0, 0.1) is 11.5 Å². The topological polar surface area (TPSA) is 39.1 Å². The summed E-state index contributed by atoms with van der Waals surface area (Å²) >= 11 is 0. The van der Waals surface area contributed by atoms with Crippen LogP contribution < -0.4 is 5.32 Å². The third-order valence-corrected chi connectivity index (χ3v) is 1.74. The highest BCUT2D eigenvalue weighted by molar-refractivity contribution is 4.74. The lowest BCUT2D eigenvalue weighted by molar-refractivity contribution is 0.280. The maximum absolute atomic E-state index is 8.32. The minimum atomic E-state index is 0.264. The van der Waals surface area contributed by atoms with E-state index in [1.165, 1.54) is 0 Å². The Hall–Kier alpha value is -0.750. The molecule has 1 atom stereocenters. The number of nitrogens with zero attached hydrogens (tertiary/aromatic N) is 2. The highest BCUT2D eigenvalue weighted by atomic mass is 15.1. The second-order valence-corrected chi connectivity index (χ2v) is 2.64. The average Bonchev–Trinajstić information content (AvgIpc) is 2.01. The molecule has 0 fully saturated rings. The third-order valence-electron chi connectivity index (χ3n) is 1.74. The molecule has 3 heteroatoms. The van der Waals surface area contributed by atoms with Crippen LogP contribution in [-0.2, 0) is 0 Å². The molecule has 0 aliphatic heterocycles. The number of nitriles is 1. The van der Waals surface area contributed by atoms with Crippen LogP contribution in [0.2, 0.25) is 0 Å². The summed E-state index contributed by atoms with van der Waals surface area (Å²) in [5.41, 5.74) is 0. The Kier molecular flexibility index (Phi) is 5.58. The van der Waals surface area contributed by atoms with E-state index in [1.54, 1.807) is 0 Å². The van der Waals surface area contributed by atoms with Gasteiger partial charge in [-0.05, 0) is 20.0 Å². The third kappa shape index (κ3) is 4.63. The van der Waals surface area contributed by atoms with Gasteiger partial charge in [0.2, 0.25) is 0 Å². The van der Waals surface area contributed by atoms with Crippen molar-refractivity contribution in [3.05, 3.63) is 0 Å². The molecule has 0 bridgehead atoms. The largest absolute Gasteiger partial charge is 0.320 e. The zero-order valence-corrected chi connectivity index (χ0v) is 7.59. The van der Waals surface area contributed by atoms with Crippen LogP contribution in [-0.4, -0.2) is 30.6 Å². The fraction of sp³-hybridized carbons (Fsp3) is 0.875. The average molecular weight is 155 g/mol. The molecule has 0 radical (unpaired) electrons. The first kappa shape index (κ1) is 10.2. The molecule has 0 aromatic carbocycles. The van der Waals surface area contributed by atoms with Gasteiger partial charge in [-0.3, -0.25) is 0 Å². The van der Waals surface area contributed by atoms with Crippen molar-refractivity contribution in [2.45, 2.75) is 26.8 Å². The summed E-state index contributed by atoms with van der Waals surface area (Å²) in [6.07, 6.45) is 1.94. The number of nitrogens with one attached hydrogen (secondary N) is 1. The second kappa shape index (κ2) is 5.99. The summed E-state index contributed by atoms with van der Waals surface area (Å²) in [5, 5.41) is 11.0. The molecule has 0 amide bonds. The van der Waals surface area contributed by atoms with Crippen LogP contribution in [0.5, 0.6) is 0 Å². The Morgan fingerprint density at radius 3 is 2.36 bits per heavy atom. The van der Waals surface area contributed by atoms with E-state index in [-0.39, 0.29) is 6.04 Å². The van der Waals surface area contributed by atoms with E-state index in [0.717, 1.165) is 19.6 Å². The van der Waals surface area contributed by atoms with Crippen molar-refractivity contribution in [2.75, 3.05) is 19.6 Å². The molecule has 3 nitrogen and oxygen atoms in total. The quantitative estimate of drug-likeness (QED) is 0.471. The fourth-order valence-electron chi connectivity index (χ4n) is 1.02. The van der Waals surface area contributed by atoms with Crippen molar-refractivity contribution in [2.24, 2.45) is 0 Å². The Morgan fingerprint density at radius 2 is 2.00 bits per heavy atom. The van der Waals surface area contributed by atoms with E-state index in [9.17, 15) is 0 Å². The number of rotatable bonds is 5. The van der Waals surface area contributed by atoms with Crippen LogP contribution >= 0.6 is 0 Å². The molecule has 0 rings (SSSR count). The molecule has 1 unspecified atom stereocenters. The first-order valence-electron chi connectivity index (χ1n) is 4.11. The molecular formula is C8H17N3. The first-order valence-corrected chi connectivity index (χ1v) is 4.11. The van der Waals surface area contributed by atoms with E-state index in [0.29, 0.717) is 0 Å². The van der Waals surface area contributed by atoms with E-state index >= 15 is 0 Å². The van der Waals surface area contributed by atoms with Crippen LogP contribution in [0.4, 0.5) is 0 Å². The summed E-state index contributed by atoms with van der Waals surface area (Å²) < 4.78 is 0. The molecular weight excluding hydrogens is 138 g/mol. The predicted molar refractivity (Wildman–Crippen MR) is 46.0 cm³/mol. The molecule has 1 N–H and O–H groups in total. The highest BCUT2D eigenvalue weighted by Gasteiger charge is 2.04. The maximum Gasteiger partial charge on any atom is 0.176 e. The molecule has 0 aliphatic carbocycles. The van der Waals surface area contributed by atoms with Crippen molar-refractivity contribution in [3.63, 3.8) is 0 Å². The maximum atomic E-state index is 8.32. The van der Waals surface area contributed by atoms with Gasteiger partial charge >= 0.3 is 0 Å². The van der Waals surface area contributed by atoms with Gasteiger partial charge in [-0.15, -0.1) is 0 Å². The van der Waals surface area contributed by atoms with Crippen LogP contribution in [0.1, 0.15) is 20.8 Å². The molecule has 0 heterocycles. The van der Waals surface area contributed by atoms with Gasteiger partial charge in [-0.2, -0.15) is 5.26 Å². The standard InChI is InChI=1S/C8H17N3/c1-4-11(5-2)6-8(3)10-7-9/h8,10H,4-6H2,1-3H3.